The number of fused-ring (bicyclic) bond motifs is 1. The van der Waals surface area contributed by atoms with E-state index in [-0.39, 0.29) is 29.6 Å². The summed E-state index contributed by atoms with van der Waals surface area (Å²) >= 11 is 0. The highest BCUT2D eigenvalue weighted by Crippen LogP contribution is 2.23. The van der Waals surface area contributed by atoms with Crippen LogP contribution >= 0.6 is 0 Å². The highest BCUT2D eigenvalue weighted by molar-refractivity contribution is 5.93. The monoisotopic (exact) mass is 414 g/mol. The highest BCUT2D eigenvalue weighted by atomic mass is 16.6. The maximum absolute atomic E-state index is 12.9. The lowest BCUT2D eigenvalue weighted by Crippen LogP contribution is -2.35. The summed E-state index contributed by atoms with van der Waals surface area (Å²) in [4.78, 5) is 39.3. The third-order valence-electron chi connectivity index (χ3n) is 5.12. The highest BCUT2D eigenvalue weighted by Gasteiger charge is 2.30. The van der Waals surface area contributed by atoms with Crippen molar-refractivity contribution >= 4 is 23.0 Å². The molecule has 7 nitrogen and oxygen atoms in total. The molecule has 0 radical (unpaired) electrons. The van der Waals surface area contributed by atoms with Gasteiger partial charge in [-0.05, 0) is 59.1 Å². The van der Waals surface area contributed by atoms with Gasteiger partial charge in [0.25, 0.3) is 0 Å². The van der Waals surface area contributed by atoms with Crippen molar-refractivity contribution < 1.29 is 19.1 Å². The van der Waals surface area contributed by atoms with Gasteiger partial charge in [0.15, 0.2) is 0 Å². The van der Waals surface area contributed by atoms with Crippen LogP contribution in [0.2, 0.25) is 0 Å². The lowest BCUT2D eigenvalue weighted by molar-refractivity contribution is 0.0287. The molecule has 1 saturated heterocycles. The minimum atomic E-state index is -0.610. The first-order valence-corrected chi connectivity index (χ1v) is 10.4. The number of benzene rings is 1. The van der Waals surface area contributed by atoms with E-state index in [1.807, 2.05) is 44.4 Å². The van der Waals surface area contributed by atoms with E-state index in [1.54, 1.807) is 24.1 Å². The van der Waals surface area contributed by atoms with E-state index in [2.05, 4.69) is 0 Å². The van der Waals surface area contributed by atoms with Crippen LogP contribution in [0.5, 0.6) is 0 Å². The summed E-state index contributed by atoms with van der Waals surface area (Å²) in [7, 11) is 0. The van der Waals surface area contributed by atoms with Gasteiger partial charge in [-0.2, -0.15) is 0 Å². The van der Waals surface area contributed by atoms with Gasteiger partial charge in [0.2, 0.25) is 5.43 Å². The van der Waals surface area contributed by atoms with Gasteiger partial charge in [0.1, 0.15) is 11.2 Å². The topological polar surface area (TPSA) is 77.8 Å². The molecular weight excluding hydrogens is 384 g/mol. The summed E-state index contributed by atoms with van der Waals surface area (Å²) in [6.07, 6.45) is 2.11. The van der Waals surface area contributed by atoms with Gasteiger partial charge in [-0.3, -0.25) is 4.79 Å². The smallest absolute Gasteiger partial charge is 0.410 e. The zero-order valence-corrected chi connectivity index (χ0v) is 18.4. The number of hydrogen-bond donors (Lipinski definition) is 0. The van der Waals surface area contributed by atoms with Gasteiger partial charge >= 0.3 is 12.1 Å². The number of aromatic nitrogens is 1. The molecule has 2 aromatic rings. The van der Waals surface area contributed by atoms with Crippen LogP contribution in [0.25, 0.3) is 10.9 Å². The zero-order valence-electron chi connectivity index (χ0n) is 18.4. The fourth-order valence-corrected chi connectivity index (χ4v) is 3.77. The number of ether oxygens (including phenoxy) is 2. The molecule has 1 amide bonds. The van der Waals surface area contributed by atoms with Gasteiger partial charge in [-0.25, -0.2) is 9.59 Å². The molecule has 1 aliphatic heterocycles. The normalized spacial score (nSPS) is 16.7. The number of carbonyl (C=O) groups excluding carboxylic acids is 2. The van der Waals surface area contributed by atoms with E-state index in [9.17, 15) is 14.4 Å². The molecule has 0 aliphatic carbocycles. The number of hydrogen-bond acceptors (Lipinski definition) is 5. The third-order valence-corrected chi connectivity index (χ3v) is 5.12. The van der Waals surface area contributed by atoms with Crippen molar-refractivity contribution in [3.05, 3.63) is 45.7 Å². The maximum Gasteiger partial charge on any atom is 0.410 e. The summed E-state index contributed by atoms with van der Waals surface area (Å²) < 4.78 is 12.5. The minimum Gasteiger partial charge on any atom is -0.462 e. The van der Waals surface area contributed by atoms with Crippen LogP contribution in [-0.2, 0) is 16.0 Å². The Bertz CT molecular complexity index is 1020. The molecule has 1 aromatic heterocycles. The fourth-order valence-electron chi connectivity index (χ4n) is 3.77. The second-order valence-corrected chi connectivity index (χ2v) is 8.85. The Hall–Kier alpha value is -2.83. The maximum atomic E-state index is 12.9. The molecular formula is C23H30N2O5. The molecule has 0 N–H and O–H groups in total. The first kappa shape index (κ1) is 21.9. The first-order valence-electron chi connectivity index (χ1n) is 10.4. The Kier molecular flexibility index (Phi) is 6.19. The van der Waals surface area contributed by atoms with Crippen LogP contribution in [0, 0.1) is 12.8 Å². The fraction of sp³-hybridized carbons (Fsp3) is 0.522. The average Bonchev–Trinajstić information content (AvgIpc) is 3.11. The zero-order chi connectivity index (χ0) is 22.1. The standard InChI is InChI=1S/C23H30N2O5/c1-6-29-21(27)18-14-25(19-8-7-15(2)11-17(19)20(18)26)13-16-9-10-24(12-16)22(28)30-23(3,4)5/h7-8,11,14,16H,6,9-10,12-13H2,1-5H3. The molecule has 1 aliphatic rings. The van der Waals surface area contributed by atoms with Crippen molar-refractivity contribution in [1.29, 1.82) is 0 Å². The summed E-state index contributed by atoms with van der Waals surface area (Å²) in [5.74, 6) is -0.416. The number of esters is 1. The minimum absolute atomic E-state index is 0.0388. The molecule has 1 atom stereocenters. The van der Waals surface area contributed by atoms with E-state index >= 15 is 0 Å². The van der Waals surface area contributed by atoms with Gasteiger partial charge < -0.3 is 18.9 Å². The Morgan fingerprint density at radius 1 is 1.23 bits per heavy atom. The Balaban J connectivity index is 1.89. The molecule has 1 unspecified atom stereocenters. The largest absolute Gasteiger partial charge is 0.462 e. The second-order valence-electron chi connectivity index (χ2n) is 8.85. The van der Waals surface area contributed by atoms with Crippen LogP contribution < -0.4 is 5.43 Å². The molecule has 7 heteroatoms. The summed E-state index contributed by atoms with van der Waals surface area (Å²) in [5, 5.41) is 0.502. The number of amides is 1. The van der Waals surface area contributed by atoms with E-state index in [1.165, 1.54) is 0 Å². The van der Waals surface area contributed by atoms with Gasteiger partial charge in [0.05, 0.1) is 12.1 Å². The van der Waals surface area contributed by atoms with Crippen molar-refractivity contribution in [2.24, 2.45) is 5.92 Å². The SMILES string of the molecule is CCOC(=O)c1cn(CC2CCN(C(=O)OC(C)(C)C)C2)c2ccc(C)cc2c1=O. The van der Waals surface area contributed by atoms with E-state index in [0.29, 0.717) is 25.0 Å². The van der Waals surface area contributed by atoms with Crippen molar-refractivity contribution in [3.8, 4) is 0 Å². The van der Waals surface area contributed by atoms with Crippen LogP contribution in [0.1, 0.15) is 50.0 Å². The van der Waals surface area contributed by atoms with Crippen LogP contribution in [-0.4, -0.2) is 46.8 Å². The predicted octanol–water partition coefficient (Wildman–Crippen LogP) is 3.74. The number of carbonyl (C=O) groups is 2. The van der Waals surface area contributed by atoms with Crippen LogP contribution in [0.4, 0.5) is 4.79 Å². The van der Waals surface area contributed by atoms with Gasteiger partial charge in [-0.1, -0.05) is 11.6 Å². The number of nitrogens with zero attached hydrogens (tertiary/aromatic N) is 2. The first-order chi connectivity index (χ1) is 14.1. The van der Waals surface area contributed by atoms with Crippen molar-refractivity contribution in [1.82, 2.24) is 9.47 Å². The molecule has 0 spiro atoms. The number of aryl methyl sites for hydroxylation is 1. The summed E-state index contributed by atoms with van der Waals surface area (Å²) in [5.41, 5.74) is 0.914. The summed E-state index contributed by atoms with van der Waals surface area (Å²) in [6.45, 7) is 11.2. The molecule has 162 valence electrons. The van der Waals surface area contributed by atoms with Crippen molar-refractivity contribution in [2.45, 2.75) is 53.2 Å². The number of likely N-dealkylation sites (tertiary alicyclic amines) is 1. The van der Waals surface area contributed by atoms with Crippen LogP contribution in [0.3, 0.4) is 0 Å². The average molecular weight is 415 g/mol. The quantitative estimate of drug-likeness (QED) is 0.712. The molecule has 0 saturated carbocycles. The number of rotatable bonds is 4. The molecule has 3 rings (SSSR count). The molecule has 30 heavy (non-hydrogen) atoms. The van der Waals surface area contributed by atoms with E-state index in [4.69, 9.17) is 9.47 Å². The Labute approximate surface area is 176 Å². The summed E-state index contributed by atoms with van der Waals surface area (Å²) in [6, 6.07) is 5.66. The van der Waals surface area contributed by atoms with E-state index < -0.39 is 11.6 Å². The van der Waals surface area contributed by atoms with Gasteiger partial charge in [-0.15, -0.1) is 0 Å². The number of pyridine rings is 1. The van der Waals surface area contributed by atoms with Crippen molar-refractivity contribution in [3.63, 3.8) is 0 Å². The predicted molar refractivity (Wildman–Crippen MR) is 115 cm³/mol. The third kappa shape index (κ3) is 4.83. The molecule has 2 heterocycles. The lowest BCUT2D eigenvalue weighted by atomic mass is 10.1. The second kappa shape index (κ2) is 8.50. The Morgan fingerprint density at radius 2 is 1.97 bits per heavy atom. The van der Waals surface area contributed by atoms with Gasteiger partial charge in [0, 0.05) is 31.2 Å². The molecule has 1 fully saturated rings. The van der Waals surface area contributed by atoms with Crippen molar-refractivity contribution in [2.75, 3.05) is 19.7 Å². The van der Waals surface area contributed by atoms with E-state index in [0.717, 1.165) is 17.5 Å². The molecule has 0 bridgehead atoms. The van der Waals surface area contributed by atoms with Crippen LogP contribution in [0.15, 0.2) is 29.2 Å². The lowest BCUT2D eigenvalue weighted by Gasteiger charge is -2.24. The Morgan fingerprint density at radius 3 is 2.63 bits per heavy atom. The molecule has 1 aromatic carbocycles.